The molecule has 0 bridgehead atoms. The van der Waals surface area contributed by atoms with E-state index < -0.39 is 0 Å². The molecule has 2 heteroatoms. The number of hydrogen-bond acceptors (Lipinski definition) is 2. The van der Waals surface area contributed by atoms with E-state index in [1.54, 1.807) is 19.2 Å². The standard InChI is InChI=1S/C13H18O2/c1-15-13-8-4-11(5-9-13)10-2-6-12(14)7-3-10/h2-3,6-7,11,13-14H,4-5,8-9H2,1H3. The highest BCUT2D eigenvalue weighted by Gasteiger charge is 2.21. The SMILES string of the molecule is COC1CCC(c2ccc(O)cc2)CC1. The molecule has 1 saturated carbocycles. The maximum Gasteiger partial charge on any atom is 0.115 e. The molecule has 0 radical (unpaired) electrons. The number of phenols is 1. The Hall–Kier alpha value is -1.02. The van der Waals surface area contributed by atoms with Gasteiger partial charge in [-0.05, 0) is 49.3 Å². The lowest BCUT2D eigenvalue weighted by molar-refractivity contribution is 0.0658. The van der Waals surface area contributed by atoms with Crippen LogP contribution in [0.15, 0.2) is 24.3 Å². The number of benzene rings is 1. The predicted molar refractivity (Wildman–Crippen MR) is 60.1 cm³/mol. The number of ether oxygens (including phenoxy) is 1. The van der Waals surface area contributed by atoms with E-state index in [2.05, 4.69) is 0 Å². The van der Waals surface area contributed by atoms with Crippen LogP contribution in [0.3, 0.4) is 0 Å². The van der Waals surface area contributed by atoms with Gasteiger partial charge in [-0.2, -0.15) is 0 Å². The van der Waals surface area contributed by atoms with Crippen molar-refractivity contribution in [2.24, 2.45) is 0 Å². The van der Waals surface area contributed by atoms with Crippen LogP contribution in [0.5, 0.6) is 5.75 Å². The van der Waals surface area contributed by atoms with Gasteiger partial charge in [-0.25, -0.2) is 0 Å². The Morgan fingerprint density at radius 2 is 1.67 bits per heavy atom. The van der Waals surface area contributed by atoms with Gasteiger partial charge in [0.2, 0.25) is 0 Å². The number of rotatable bonds is 2. The van der Waals surface area contributed by atoms with Crippen LogP contribution in [-0.4, -0.2) is 18.3 Å². The summed E-state index contributed by atoms with van der Waals surface area (Å²) in [5.41, 5.74) is 1.35. The van der Waals surface area contributed by atoms with Crippen molar-refractivity contribution in [3.63, 3.8) is 0 Å². The third-order valence-corrected chi connectivity index (χ3v) is 3.37. The Kier molecular flexibility index (Phi) is 3.27. The first-order chi connectivity index (χ1) is 7.29. The third-order valence-electron chi connectivity index (χ3n) is 3.37. The predicted octanol–water partition coefficient (Wildman–Crippen LogP) is 3.06. The molecule has 0 aromatic heterocycles. The zero-order valence-corrected chi connectivity index (χ0v) is 9.15. The fraction of sp³-hybridized carbons (Fsp3) is 0.538. The molecule has 1 aromatic carbocycles. The Labute approximate surface area is 90.9 Å². The topological polar surface area (TPSA) is 29.5 Å². The van der Waals surface area contributed by atoms with Crippen molar-refractivity contribution < 1.29 is 9.84 Å². The maximum absolute atomic E-state index is 9.22. The van der Waals surface area contributed by atoms with Gasteiger partial charge in [0.25, 0.3) is 0 Å². The zero-order chi connectivity index (χ0) is 10.7. The van der Waals surface area contributed by atoms with Gasteiger partial charge >= 0.3 is 0 Å². The third kappa shape index (κ3) is 2.51. The Morgan fingerprint density at radius 3 is 2.20 bits per heavy atom. The smallest absolute Gasteiger partial charge is 0.115 e. The van der Waals surface area contributed by atoms with Crippen LogP contribution in [0.4, 0.5) is 0 Å². The first-order valence-corrected chi connectivity index (χ1v) is 5.61. The minimum Gasteiger partial charge on any atom is -0.508 e. The molecule has 0 heterocycles. The van der Waals surface area contributed by atoms with Crippen molar-refractivity contribution >= 4 is 0 Å². The summed E-state index contributed by atoms with van der Waals surface area (Å²) in [5, 5.41) is 9.22. The molecule has 82 valence electrons. The molecule has 0 unspecified atom stereocenters. The minimum absolute atomic E-state index is 0.351. The number of methoxy groups -OCH3 is 1. The van der Waals surface area contributed by atoms with Crippen molar-refractivity contribution in [2.45, 2.75) is 37.7 Å². The van der Waals surface area contributed by atoms with Gasteiger partial charge in [-0.3, -0.25) is 0 Å². The van der Waals surface area contributed by atoms with Gasteiger partial charge in [-0.15, -0.1) is 0 Å². The van der Waals surface area contributed by atoms with Gasteiger partial charge < -0.3 is 9.84 Å². The second-order valence-corrected chi connectivity index (χ2v) is 4.30. The first-order valence-electron chi connectivity index (χ1n) is 5.61. The Bertz CT molecular complexity index is 297. The number of aromatic hydroxyl groups is 1. The lowest BCUT2D eigenvalue weighted by atomic mass is 9.83. The Balaban J connectivity index is 1.98. The minimum atomic E-state index is 0.351. The number of hydrogen-bond donors (Lipinski definition) is 1. The highest BCUT2D eigenvalue weighted by Crippen LogP contribution is 2.34. The second kappa shape index (κ2) is 4.67. The highest BCUT2D eigenvalue weighted by atomic mass is 16.5. The first kappa shape index (κ1) is 10.5. The van der Waals surface area contributed by atoms with Gasteiger partial charge in [-0.1, -0.05) is 12.1 Å². The quantitative estimate of drug-likeness (QED) is 0.805. The summed E-state index contributed by atoms with van der Waals surface area (Å²) in [6.45, 7) is 0. The molecular formula is C13H18O2. The summed E-state index contributed by atoms with van der Waals surface area (Å²) >= 11 is 0. The summed E-state index contributed by atoms with van der Waals surface area (Å²) in [5.74, 6) is 1.00. The molecule has 15 heavy (non-hydrogen) atoms. The van der Waals surface area contributed by atoms with Gasteiger partial charge in [0.05, 0.1) is 6.10 Å². The molecule has 0 spiro atoms. The van der Waals surface area contributed by atoms with E-state index in [0.717, 1.165) is 12.8 Å². The monoisotopic (exact) mass is 206 g/mol. The van der Waals surface area contributed by atoms with Gasteiger partial charge in [0.15, 0.2) is 0 Å². The average Bonchev–Trinajstić information content (AvgIpc) is 2.30. The lowest BCUT2D eigenvalue weighted by Gasteiger charge is -2.27. The van der Waals surface area contributed by atoms with Crippen LogP contribution < -0.4 is 0 Å². The van der Waals surface area contributed by atoms with E-state index in [0.29, 0.717) is 17.8 Å². The van der Waals surface area contributed by atoms with Crippen molar-refractivity contribution in [1.82, 2.24) is 0 Å². The van der Waals surface area contributed by atoms with E-state index in [9.17, 15) is 5.11 Å². The van der Waals surface area contributed by atoms with E-state index in [1.807, 2.05) is 12.1 Å². The molecule has 0 atom stereocenters. The molecule has 0 saturated heterocycles. The van der Waals surface area contributed by atoms with Gasteiger partial charge in [0, 0.05) is 7.11 Å². The molecule has 2 rings (SSSR count). The molecular weight excluding hydrogens is 188 g/mol. The van der Waals surface area contributed by atoms with Crippen LogP contribution in [0, 0.1) is 0 Å². The summed E-state index contributed by atoms with van der Waals surface area (Å²) in [4.78, 5) is 0. The zero-order valence-electron chi connectivity index (χ0n) is 9.15. The van der Waals surface area contributed by atoms with Crippen molar-refractivity contribution in [3.05, 3.63) is 29.8 Å². The summed E-state index contributed by atoms with van der Waals surface area (Å²) in [6.07, 6.45) is 5.16. The molecule has 1 N–H and O–H groups in total. The molecule has 1 fully saturated rings. The van der Waals surface area contributed by atoms with Crippen molar-refractivity contribution in [2.75, 3.05) is 7.11 Å². The molecule has 0 amide bonds. The Morgan fingerprint density at radius 1 is 1.07 bits per heavy atom. The fourth-order valence-electron chi connectivity index (χ4n) is 2.38. The number of phenolic OH excluding ortho intramolecular Hbond substituents is 1. The molecule has 0 aliphatic heterocycles. The molecule has 1 aliphatic carbocycles. The van der Waals surface area contributed by atoms with E-state index >= 15 is 0 Å². The van der Waals surface area contributed by atoms with Crippen LogP contribution in [0.25, 0.3) is 0 Å². The lowest BCUT2D eigenvalue weighted by Crippen LogP contribution is -2.19. The van der Waals surface area contributed by atoms with Crippen LogP contribution in [0.2, 0.25) is 0 Å². The summed E-state index contributed by atoms with van der Waals surface area (Å²) < 4.78 is 5.35. The van der Waals surface area contributed by atoms with Gasteiger partial charge in [0.1, 0.15) is 5.75 Å². The largest absolute Gasteiger partial charge is 0.508 e. The molecule has 2 nitrogen and oxygen atoms in total. The normalized spacial score (nSPS) is 26.5. The summed E-state index contributed by atoms with van der Waals surface area (Å²) in [7, 11) is 1.80. The van der Waals surface area contributed by atoms with Crippen LogP contribution >= 0.6 is 0 Å². The molecule has 1 aromatic rings. The highest BCUT2D eigenvalue weighted by molar-refractivity contribution is 5.28. The van der Waals surface area contributed by atoms with Crippen molar-refractivity contribution in [1.29, 1.82) is 0 Å². The van der Waals surface area contributed by atoms with Crippen molar-refractivity contribution in [3.8, 4) is 5.75 Å². The fourth-order valence-corrected chi connectivity index (χ4v) is 2.38. The average molecular weight is 206 g/mol. The van der Waals surface area contributed by atoms with Crippen LogP contribution in [0.1, 0.15) is 37.2 Å². The van der Waals surface area contributed by atoms with E-state index in [4.69, 9.17) is 4.74 Å². The van der Waals surface area contributed by atoms with E-state index in [1.165, 1.54) is 18.4 Å². The van der Waals surface area contributed by atoms with E-state index in [-0.39, 0.29) is 0 Å². The second-order valence-electron chi connectivity index (χ2n) is 4.30. The molecule has 1 aliphatic rings. The maximum atomic E-state index is 9.22. The van der Waals surface area contributed by atoms with Crippen LogP contribution in [-0.2, 0) is 4.74 Å². The summed E-state index contributed by atoms with van der Waals surface area (Å²) in [6, 6.07) is 7.62.